The molecule has 7 heteroatoms. The summed E-state index contributed by atoms with van der Waals surface area (Å²) in [4.78, 5) is 16.9. The van der Waals surface area contributed by atoms with E-state index in [1.165, 1.54) is 17.6 Å². The van der Waals surface area contributed by atoms with E-state index in [1.807, 2.05) is 29.6 Å². The maximum atomic E-state index is 12.0. The Hall–Kier alpha value is -2.64. The van der Waals surface area contributed by atoms with Gasteiger partial charge in [0.1, 0.15) is 11.9 Å². The first kappa shape index (κ1) is 16.2. The molecule has 0 saturated heterocycles. The SMILES string of the molecule is CC(O)(CNC(=O)Nc1ccc(-c2ncco2)cc1)c1cccs1. The van der Waals surface area contributed by atoms with E-state index in [-0.39, 0.29) is 12.6 Å². The molecule has 2 amide bonds. The fourth-order valence-corrected chi connectivity index (χ4v) is 2.95. The first-order valence-electron chi connectivity index (χ1n) is 7.36. The van der Waals surface area contributed by atoms with Crippen LogP contribution in [0, 0.1) is 0 Å². The molecule has 3 rings (SSSR count). The fourth-order valence-electron chi connectivity index (χ4n) is 2.16. The quantitative estimate of drug-likeness (QED) is 0.662. The maximum absolute atomic E-state index is 12.0. The predicted octanol–water partition coefficient (Wildman–Crippen LogP) is 3.43. The Bertz CT molecular complexity index is 781. The van der Waals surface area contributed by atoms with E-state index in [4.69, 9.17) is 4.42 Å². The predicted molar refractivity (Wildman–Crippen MR) is 92.9 cm³/mol. The Morgan fingerprint density at radius 3 is 2.75 bits per heavy atom. The zero-order valence-corrected chi connectivity index (χ0v) is 13.8. The number of amides is 2. The molecule has 24 heavy (non-hydrogen) atoms. The molecule has 1 atom stereocenters. The van der Waals surface area contributed by atoms with Crippen molar-refractivity contribution in [3.8, 4) is 11.5 Å². The molecule has 3 N–H and O–H groups in total. The zero-order chi connectivity index (χ0) is 17.0. The minimum atomic E-state index is -1.10. The Labute approximate surface area is 143 Å². The van der Waals surface area contributed by atoms with Crippen LogP contribution in [0.1, 0.15) is 11.8 Å². The van der Waals surface area contributed by atoms with Gasteiger partial charge >= 0.3 is 6.03 Å². The number of aromatic nitrogens is 1. The molecule has 0 aliphatic rings. The highest BCUT2D eigenvalue weighted by Crippen LogP contribution is 2.24. The number of oxazole rings is 1. The summed E-state index contributed by atoms with van der Waals surface area (Å²) in [6, 6.07) is 10.5. The van der Waals surface area contributed by atoms with Crippen molar-refractivity contribution in [1.82, 2.24) is 10.3 Å². The third-order valence-corrected chi connectivity index (χ3v) is 4.59. The highest BCUT2D eigenvalue weighted by Gasteiger charge is 2.24. The topological polar surface area (TPSA) is 87.4 Å². The standard InChI is InChI=1S/C17H17N3O3S/c1-17(22,14-3-2-10-24-14)11-19-16(21)20-13-6-4-12(5-7-13)15-18-8-9-23-15/h2-10,22H,11H2,1H3,(H2,19,20,21). The fraction of sp³-hybridized carbons (Fsp3) is 0.176. The summed E-state index contributed by atoms with van der Waals surface area (Å²) >= 11 is 1.45. The third-order valence-electron chi connectivity index (χ3n) is 3.47. The van der Waals surface area contributed by atoms with Gasteiger partial charge in [0.15, 0.2) is 0 Å². The molecule has 0 radical (unpaired) electrons. The van der Waals surface area contributed by atoms with Crippen LogP contribution in [-0.2, 0) is 5.60 Å². The summed E-state index contributed by atoms with van der Waals surface area (Å²) in [6.07, 6.45) is 3.09. The van der Waals surface area contributed by atoms with Gasteiger partial charge in [0.25, 0.3) is 0 Å². The summed E-state index contributed by atoms with van der Waals surface area (Å²) in [5.41, 5.74) is 0.366. The van der Waals surface area contributed by atoms with Crippen LogP contribution in [0.15, 0.2) is 58.7 Å². The third kappa shape index (κ3) is 3.81. The van der Waals surface area contributed by atoms with E-state index < -0.39 is 5.60 Å². The monoisotopic (exact) mass is 343 g/mol. The maximum Gasteiger partial charge on any atom is 0.319 e. The number of nitrogens with one attached hydrogen (secondary N) is 2. The number of nitrogens with zero attached hydrogens (tertiary/aromatic N) is 1. The number of thiophene rings is 1. The molecule has 0 aliphatic heterocycles. The van der Waals surface area contributed by atoms with Crippen molar-refractivity contribution < 1.29 is 14.3 Å². The molecular weight excluding hydrogens is 326 g/mol. The van der Waals surface area contributed by atoms with E-state index in [0.29, 0.717) is 11.6 Å². The van der Waals surface area contributed by atoms with Gasteiger partial charge in [-0.25, -0.2) is 9.78 Å². The molecule has 0 fully saturated rings. The van der Waals surface area contributed by atoms with Crippen LogP contribution in [0.4, 0.5) is 10.5 Å². The van der Waals surface area contributed by atoms with Crippen LogP contribution in [0.5, 0.6) is 0 Å². The van der Waals surface area contributed by atoms with Crippen LogP contribution in [-0.4, -0.2) is 22.7 Å². The van der Waals surface area contributed by atoms with Gasteiger partial charge in [-0.05, 0) is 42.6 Å². The molecule has 0 spiro atoms. The smallest absolute Gasteiger partial charge is 0.319 e. The van der Waals surface area contributed by atoms with Gasteiger partial charge in [-0.3, -0.25) is 0 Å². The van der Waals surface area contributed by atoms with Crippen molar-refractivity contribution in [2.75, 3.05) is 11.9 Å². The van der Waals surface area contributed by atoms with Crippen LogP contribution >= 0.6 is 11.3 Å². The number of hydrogen-bond acceptors (Lipinski definition) is 5. The van der Waals surface area contributed by atoms with Gasteiger partial charge in [-0.15, -0.1) is 11.3 Å². The van der Waals surface area contributed by atoms with Gasteiger partial charge in [0.05, 0.1) is 12.7 Å². The molecule has 124 valence electrons. The lowest BCUT2D eigenvalue weighted by Gasteiger charge is -2.22. The van der Waals surface area contributed by atoms with Gasteiger partial charge in [0.2, 0.25) is 5.89 Å². The van der Waals surface area contributed by atoms with Crippen LogP contribution in [0.3, 0.4) is 0 Å². The second-order valence-electron chi connectivity index (χ2n) is 5.47. The minimum Gasteiger partial charge on any atom is -0.445 e. The van der Waals surface area contributed by atoms with Crippen molar-refractivity contribution in [1.29, 1.82) is 0 Å². The minimum absolute atomic E-state index is 0.119. The Morgan fingerprint density at radius 1 is 1.33 bits per heavy atom. The molecule has 6 nitrogen and oxygen atoms in total. The van der Waals surface area contributed by atoms with Gasteiger partial charge in [-0.1, -0.05) is 6.07 Å². The molecule has 3 aromatic rings. The molecule has 2 aromatic heterocycles. The van der Waals surface area contributed by atoms with Gasteiger partial charge in [-0.2, -0.15) is 0 Å². The Morgan fingerprint density at radius 2 is 2.12 bits per heavy atom. The molecule has 0 aliphatic carbocycles. The number of urea groups is 1. The average molecular weight is 343 g/mol. The molecule has 2 heterocycles. The summed E-state index contributed by atoms with van der Waals surface area (Å²) < 4.78 is 5.21. The molecule has 0 saturated carbocycles. The van der Waals surface area contributed by atoms with Crippen molar-refractivity contribution in [3.05, 3.63) is 59.1 Å². The second-order valence-corrected chi connectivity index (χ2v) is 6.42. The lowest BCUT2D eigenvalue weighted by molar-refractivity contribution is 0.0637. The van der Waals surface area contributed by atoms with E-state index in [9.17, 15) is 9.90 Å². The average Bonchev–Trinajstić information content (AvgIpc) is 3.27. The van der Waals surface area contributed by atoms with Crippen LogP contribution in [0.25, 0.3) is 11.5 Å². The number of anilines is 1. The van der Waals surface area contributed by atoms with Crippen molar-refractivity contribution in [3.63, 3.8) is 0 Å². The highest BCUT2D eigenvalue weighted by atomic mass is 32.1. The molecule has 1 unspecified atom stereocenters. The van der Waals surface area contributed by atoms with Crippen molar-refractivity contribution >= 4 is 23.1 Å². The Balaban J connectivity index is 1.55. The lowest BCUT2D eigenvalue weighted by atomic mass is 10.1. The lowest BCUT2D eigenvalue weighted by Crippen LogP contribution is -2.40. The number of aliphatic hydroxyl groups is 1. The zero-order valence-electron chi connectivity index (χ0n) is 13.0. The number of carbonyl (C=O) groups is 1. The molecule has 1 aromatic carbocycles. The molecule has 0 bridgehead atoms. The van der Waals surface area contributed by atoms with Crippen LogP contribution < -0.4 is 10.6 Å². The van der Waals surface area contributed by atoms with Crippen molar-refractivity contribution in [2.45, 2.75) is 12.5 Å². The van der Waals surface area contributed by atoms with E-state index in [2.05, 4.69) is 15.6 Å². The second kappa shape index (κ2) is 6.86. The number of hydrogen-bond donors (Lipinski definition) is 3. The summed E-state index contributed by atoms with van der Waals surface area (Å²) in [6.45, 7) is 1.79. The summed E-state index contributed by atoms with van der Waals surface area (Å²) in [5, 5.41) is 17.7. The van der Waals surface area contributed by atoms with Crippen LogP contribution in [0.2, 0.25) is 0 Å². The van der Waals surface area contributed by atoms with E-state index in [1.54, 1.807) is 25.3 Å². The summed E-state index contributed by atoms with van der Waals surface area (Å²) in [7, 11) is 0. The van der Waals surface area contributed by atoms with Gasteiger partial charge < -0.3 is 20.2 Å². The Kier molecular flexibility index (Phi) is 4.64. The number of benzene rings is 1. The molecular formula is C17H17N3O3S. The summed E-state index contributed by atoms with van der Waals surface area (Å²) in [5.74, 6) is 0.526. The normalized spacial score (nSPS) is 13.2. The van der Waals surface area contributed by atoms with Gasteiger partial charge in [0, 0.05) is 16.1 Å². The van der Waals surface area contributed by atoms with E-state index in [0.717, 1.165) is 10.4 Å². The first-order valence-corrected chi connectivity index (χ1v) is 8.24. The van der Waals surface area contributed by atoms with Crippen molar-refractivity contribution in [2.24, 2.45) is 0 Å². The highest BCUT2D eigenvalue weighted by molar-refractivity contribution is 7.10. The first-order chi connectivity index (χ1) is 11.5. The largest absolute Gasteiger partial charge is 0.445 e. The number of rotatable bonds is 5. The number of carbonyl (C=O) groups excluding carboxylic acids is 1. The van der Waals surface area contributed by atoms with E-state index >= 15 is 0 Å².